The van der Waals surface area contributed by atoms with E-state index in [9.17, 15) is 26.7 Å². The van der Waals surface area contributed by atoms with Crippen molar-refractivity contribution in [3.8, 4) is 5.75 Å². The zero-order valence-electron chi connectivity index (χ0n) is 14.5. The largest absolute Gasteiger partial charge is 0.495 e. The van der Waals surface area contributed by atoms with Gasteiger partial charge >= 0.3 is 0 Å². The van der Waals surface area contributed by atoms with Crippen LogP contribution < -0.4 is 10.1 Å². The maximum atomic E-state index is 13.0. The number of rotatable bonds is 7. The maximum absolute atomic E-state index is 13.0. The molecule has 26 heavy (non-hydrogen) atoms. The number of carbonyl (C=O) groups excluding carboxylic acids is 1. The molecule has 0 aliphatic carbocycles. The lowest BCUT2D eigenvalue weighted by molar-refractivity contribution is -0.114. The standard InChI is InChI=1S/C15H22N2O7S2/c1-11(19)16-14-9-13(3-4-15(14)24-2)26(22,23)17(6-7-18)12-5-8-25(20,21)10-12/h3-4,9,12,18H,5-8,10H2,1-2H3,(H,16,19)/t12-/m0/s1. The fourth-order valence-electron chi connectivity index (χ4n) is 2.87. The molecule has 9 nitrogen and oxygen atoms in total. The molecule has 1 aliphatic rings. The third-order valence-corrected chi connectivity index (χ3v) is 7.72. The molecule has 0 spiro atoms. The van der Waals surface area contributed by atoms with Crippen LogP contribution in [0.15, 0.2) is 23.1 Å². The molecular weight excluding hydrogens is 384 g/mol. The lowest BCUT2D eigenvalue weighted by atomic mass is 10.3. The molecule has 1 aromatic carbocycles. The highest BCUT2D eigenvalue weighted by molar-refractivity contribution is 7.92. The van der Waals surface area contributed by atoms with E-state index in [1.165, 1.54) is 32.2 Å². The number of benzene rings is 1. The van der Waals surface area contributed by atoms with Crippen LogP contribution in [0.2, 0.25) is 0 Å². The van der Waals surface area contributed by atoms with Gasteiger partial charge in [-0.25, -0.2) is 16.8 Å². The highest BCUT2D eigenvalue weighted by Crippen LogP contribution is 2.31. The number of amides is 1. The molecule has 2 N–H and O–H groups in total. The van der Waals surface area contributed by atoms with Crippen LogP contribution in [0.4, 0.5) is 5.69 Å². The summed E-state index contributed by atoms with van der Waals surface area (Å²) in [5, 5.41) is 11.8. The normalized spacial score (nSPS) is 19.5. The number of aliphatic hydroxyl groups excluding tert-OH is 1. The fraction of sp³-hybridized carbons (Fsp3) is 0.533. The van der Waals surface area contributed by atoms with Gasteiger partial charge in [0.25, 0.3) is 0 Å². The van der Waals surface area contributed by atoms with Crippen molar-refractivity contribution in [3.05, 3.63) is 18.2 Å². The van der Waals surface area contributed by atoms with E-state index in [1.54, 1.807) is 0 Å². The minimum Gasteiger partial charge on any atom is -0.495 e. The van der Waals surface area contributed by atoms with E-state index >= 15 is 0 Å². The molecule has 1 fully saturated rings. The molecule has 0 radical (unpaired) electrons. The number of ether oxygens (including phenoxy) is 1. The molecule has 1 atom stereocenters. The molecule has 146 valence electrons. The van der Waals surface area contributed by atoms with E-state index in [1.807, 2.05) is 0 Å². The molecule has 1 aliphatic heterocycles. The highest BCUT2D eigenvalue weighted by Gasteiger charge is 2.38. The maximum Gasteiger partial charge on any atom is 0.243 e. The van der Waals surface area contributed by atoms with Crippen molar-refractivity contribution in [2.24, 2.45) is 0 Å². The minimum absolute atomic E-state index is 0.0884. The van der Waals surface area contributed by atoms with Crippen LogP contribution in [0.1, 0.15) is 13.3 Å². The number of hydrogen-bond donors (Lipinski definition) is 2. The predicted octanol–water partition coefficient (Wildman–Crippen LogP) is -0.176. The number of anilines is 1. The van der Waals surface area contributed by atoms with Crippen LogP contribution in [-0.2, 0) is 24.7 Å². The van der Waals surface area contributed by atoms with E-state index in [2.05, 4.69) is 5.32 Å². The van der Waals surface area contributed by atoms with Crippen molar-refractivity contribution in [1.29, 1.82) is 0 Å². The molecule has 0 unspecified atom stereocenters. The zero-order valence-corrected chi connectivity index (χ0v) is 16.1. The summed E-state index contributed by atoms with van der Waals surface area (Å²) in [7, 11) is -5.99. The Hall–Kier alpha value is -1.69. The Bertz CT molecular complexity index is 881. The first-order valence-electron chi connectivity index (χ1n) is 7.89. The van der Waals surface area contributed by atoms with Gasteiger partial charge in [-0.15, -0.1) is 0 Å². The first-order valence-corrected chi connectivity index (χ1v) is 11.2. The molecule has 11 heteroatoms. The predicted molar refractivity (Wildman–Crippen MR) is 95.3 cm³/mol. The average Bonchev–Trinajstić information content (AvgIpc) is 2.91. The quantitative estimate of drug-likeness (QED) is 0.642. The third-order valence-electron chi connectivity index (χ3n) is 4.02. The number of hydrogen-bond acceptors (Lipinski definition) is 7. The second-order valence-electron chi connectivity index (χ2n) is 5.94. The summed E-state index contributed by atoms with van der Waals surface area (Å²) in [5.74, 6) is -0.473. The Morgan fingerprint density at radius 1 is 1.42 bits per heavy atom. The number of sulfone groups is 1. The van der Waals surface area contributed by atoms with Gasteiger partial charge in [-0.1, -0.05) is 0 Å². The number of nitrogens with zero attached hydrogens (tertiary/aromatic N) is 1. The summed E-state index contributed by atoms with van der Waals surface area (Å²) in [6, 6.07) is 3.24. The van der Waals surface area contributed by atoms with Gasteiger partial charge in [0.2, 0.25) is 15.9 Å². The molecule has 1 heterocycles. The number of carbonyl (C=O) groups is 1. The van der Waals surface area contributed by atoms with Gasteiger partial charge in [0.15, 0.2) is 9.84 Å². The van der Waals surface area contributed by atoms with Gasteiger partial charge < -0.3 is 15.2 Å². The van der Waals surface area contributed by atoms with Crippen LogP contribution in [0.5, 0.6) is 5.75 Å². The Morgan fingerprint density at radius 3 is 2.62 bits per heavy atom. The van der Waals surface area contributed by atoms with Crippen molar-refractivity contribution in [2.45, 2.75) is 24.3 Å². The van der Waals surface area contributed by atoms with Crippen LogP contribution in [0.25, 0.3) is 0 Å². The summed E-state index contributed by atoms with van der Waals surface area (Å²) >= 11 is 0. The van der Waals surface area contributed by atoms with Crippen molar-refractivity contribution < 1.29 is 31.5 Å². The smallest absolute Gasteiger partial charge is 0.243 e. The summed E-state index contributed by atoms with van der Waals surface area (Å²) in [4.78, 5) is 11.2. The molecule has 0 aromatic heterocycles. The van der Waals surface area contributed by atoms with Crippen LogP contribution in [-0.4, -0.2) is 70.0 Å². The van der Waals surface area contributed by atoms with Gasteiger partial charge in [0.05, 0.1) is 35.8 Å². The number of methoxy groups -OCH3 is 1. The topological polar surface area (TPSA) is 130 Å². The second kappa shape index (κ2) is 7.91. The number of aliphatic hydroxyl groups is 1. The first-order chi connectivity index (χ1) is 12.1. The van der Waals surface area contributed by atoms with Crippen LogP contribution in [0.3, 0.4) is 0 Å². The highest BCUT2D eigenvalue weighted by atomic mass is 32.2. The summed E-state index contributed by atoms with van der Waals surface area (Å²) in [5.41, 5.74) is 0.184. The van der Waals surface area contributed by atoms with Crippen LogP contribution >= 0.6 is 0 Å². The van der Waals surface area contributed by atoms with Crippen molar-refractivity contribution >= 4 is 31.5 Å². The molecule has 1 amide bonds. The third kappa shape index (κ3) is 4.53. The van der Waals surface area contributed by atoms with E-state index in [4.69, 9.17) is 4.74 Å². The molecule has 1 aromatic rings. The minimum atomic E-state index is -4.08. The van der Waals surface area contributed by atoms with Gasteiger partial charge in [0, 0.05) is 19.5 Å². The van der Waals surface area contributed by atoms with Gasteiger partial charge in [0.1, 0.15) is 5.75 Å². The zero-order chi connectivity index (χ0) is 19.5. The van der Waals surface area contributed by atoms with Gasteiger partial charge in [-0.05, 0) is 24.6 Å². The summed E-state index contributed by atoms with van der Waals surface area (Å²) in [6.45, 7) is 0.622. The molecule has 0 saturated carbocycles. The molecule has 1 saturated heterocycles. The SMILES string of the molecule is COc1ccc(S(=O)(=O)N(CCO)[C@H]2CCS(=O)(=O)C2)cc1NC(C)=O. The molecule has 0 bridgehead atoms. The monoisotopic (exact) mass is 406 g/mol. The summed E-state index contributed by atoms with van der Waals surface area (Å²) < 4.78 is 55.6. The van der Waals surface area contributed by atoms with Crippen molar-refractivity contribution in [3.63, 3.8) is 0 Å². The average molecular weight is 406 g/mol. The Balaban J connectivity index is 2.44. The van der Waals surface area contributed by atoms with Crippen LogP contribution in [0, 0.1) is 0 Å². The fourth-order valence-corrected chi connectivity index (χ4v) is 6.37. The number of nitrogens with one attached hydrogen (secondary N) is 1. The molecular formula is C15H22N2O7S2. The second-order valence-corrected chi connectivity index (χ2v) is 10.1. The first kappa shape index (κ1) is 20.6. The lowest BCUT2D eigenvalue weighted by Gasteiger charge is -2.27. The Labute approximate surface area is 152 Å². The summed E-state index contributed by atoms with van der Waals surface area (Å²) in [6.07, 6.45) is 0.177. The lowest BCUT2D eigenvalue weighted by Crippen LogP contribution is -2.42. The Morgan fingerprint density at radius 2 is 2.12 bits per heavy atom. The van der Waals surface area contributed by atoms with E-state index < -0.39 is 38.4 Å². The van der Waals surface area contributed by atoms with E-state index in [0.717, 1.165) is 4.31 Å². The Kier molecular flexibility index (Phi) is 6.27. The van der Waals surface area contributed by atoms with E-state index in [0.29, 0.717) is 0 Å². The van der Waals surface area contributed by atoms with Crippen molar-refractivity contribution in [1.82, 2.24) is 4.31 Å². The van der Waals surface area contributed by atoms with Gasteiger partial charge in [-0.3, -0.25) is 4.79 Å². The van der Waals surface area contributed by atoms with Crippen molar-refractivity contribution in [2.75, 3.05) is 37.1 Å². The molecule has 2 rings (SSSR count). The van der Waals surface area contributed by atoms with E-state index in [-0.39, 0.29) is 40.8 Å². The van der Waals surface area contributed by atoms with Gasteiger partial charge in [-0.2, -0.15) is 4.31 Å². The number of sulfonamides is 1.